The van der Waals surface area contributed by atoms with Crippen molar-refractivity contribution in [2.24, 2.45) is 0 Å². The van der Waals surface area contributed by atoms with Crippen LogP contribution in [0.25, 0.3) is 0 Å². The van der Waals surface area contributed by atoms with Crippen LogP contribution in [0.4, 0.5) is 10.1 Å². The van der Waals surface area contributed by atoms with Crippen LogP contribution < -0.4 is 10.2 Å². The minimum Gasteiger partial charge on any atom is -0.368 e. The van der Waals surface area contributed by atoms with Gasteiger partial charge < -0.3 is 15.1 Å². The molecule has 0 spiro atoms. The zero-order valence-electron chi connectivity index (χ0n) is 14.5. The smallest absolute Gasteiger partial charge is 0.232 e. The fourth-order valence-corrected chi connectivity index (χ4v) is 3.64. The summed E-state index contributed by atoms with van der Waals surface area (Å²) in [5.41, 5.74) is 0.962. The summed E-state index contributed by atoms with van der Waals surface area (Å²) in [6.07, 6.45) is 5.54. The number of hydrogen-bond donors (Lipinski definition) is 1. The number of nitrogens with zero attached hydrogens (tertiary/aromatic N) is 2. The molecule has 2 fully saturated rings. The number of amides is 2. The van der Waals surface area contributed by atoms with Gasteiger partial charge in [0, 0.05) is 37.9 Å². The van der Waals surface area contributed by atoms with E-state index in [-0.39, 0.29) is 30.1 Å². The van der Waals surface area contributed by atoms with Gasteiger partial charge in [0.1, 0.15) is 12.2 Å². The number of halogens is 1. The van der Waals surface area contributed by atoms with Gasteiger partial charge >= 0.3 is 0 Å². The van der Waals surface area contributed by atoms with Gasteiger partial charge in [-0.25, -0.2) is 4.39 Å². The molecular formula is C19H26FN3O2. The van der Waals surface area contributed by atoms with Crippen molar-refractivity contribution in [1.29, 1.82) is 0 Å². The molecule has 2 amide bonds. The molecule has 25 heavy (non-hydrogen) atoms. The van der Waals surface area contributed by atoms with Crippen molar-refractivity contribution in [1.82, 2.24) is 10.2 Å². The van der Waals surface area contributed by atoms with Crippen molar-refractivity contribution >= 4 is 17.5 Å². The predicted octanol–water partition coefficient (Wildman–Crippen LogP) is 2.31. The first-order valence-electron chi connectivity index (χ1n) is 9.19. The molecular weight excluding hydrogens is 321 g/mol. The van der Waals surface area contributed by atoms with E-state index in [0.29, 0.717) is 26.2 Å². The lowest BCUT2D eigenvalue weighted by Crippen LogP contribution is -2.50. The van der Waals surface area contributed by atoms with E-state index in [2.05, 4.69) is 10.2 Å². The van der Waals surface area contributed by atoms with Crippen LogP contribution in [-0.2, 0) is 9.59 Å². The Kier molecular flexibility index (Phi) is 5.89. The largest absolute Gasteiger partial charge is 0.368 e. The van der Waals surface area contributed by atoms with Crippen molar-refractivity contribution in [2.45, 2.75) is 44.6 Å². The molecule has 1 N–H and O–H groups in total. The van der Waals surface area contributed by atoms with Crippen LogP contribution in [0, 0.1) is 5.82 Å². The number of piperazine rings is 1. The van der Waals surface area contributed by atoms with Crippen LogP contribution in [-0.4, -0.2) is 48.9 Å². The fourth-order valence-electron chi connectivity index (χ4n) is 3.64. The molecule has 2 aliphatic rings. The molecule has 1 aliphatic heterocycles. The molecule has 1 aliphatic carbocycles. The first kappa shape index (κ1) is 17.7. The molecule has 1 saturated heterocycles. The molecule has 3 rings (SSSR count). The minimum atomic E-state index is -0.249. The number of carbonyl (C=O) groups is 2. The Morgan fingerprint density at radius 3 is 2.28 bits per heavy atom. The van der Waals surface area contributed by atoms with Gasteiger partial charge in [-0.2, -0.15) is 0 Å². The second-order valence-corrected chi connectivity index (χ2v) is 6.92. The Bertz CT molecular complexity index is 591. The Morgan fingerprint density at radius 2 is 1.64 bits per heavy atom. The molecule has 5 nitrogen and oxygen atoms in total. The van der Waals surface area contributed by atoms with E-state index in [0.717, 1.165) is 31.4 Å². The third-order valence-corrected chi connectivity index (χ3v) is 5.11. The maximum atomic E-state index is 13.0. The number of benzene rings is 1. The van der Waals surface area contributed by atoms with Crippen molar-refractivity contribution < 1.29 is 14.0 Å². The zero-order chi connectivity index (χ0) is 17.6. The van der Waals surface area contributed by atoms with Crippen molar-refractivity contribution in [2.75, 3.05) is 31.1 Å². The Balaban J connectivity index is 1.43. The first-order chi connectivity index (χ1) is 12.1. The van der Waals surface area contributed by atoms with Gasteiger partial charge in [-0.3, -0.25) is 9.59 Å². The molecule has 0 aromatic heterocycles. The van der Waals surface area contributed by atoms with Crippen LogP contribution in [0.1, 0.15) is 38.5 Å². The third kappa shape index (κ3) is 4.94. The summed E-state index contributed by atoms with van der Waals surface area (Å²) in [5.74, 6) is -0.508. The molecule has 1 aromatic carbocycles. The lowest BCUT2D eigenvalue weighted by Gasteiger charge is -2.36. The summed E-state index contributed by atoms with van der Waals surface area (Å²) in [5, 5.41) is 3.00. The molecule has 0 unspecified atom stereocenters. The molecule has 0 bridgehead atoms. The van der Waals surface area contributed by atoms with Gasteiger partial charge in [0.05, 0.1) is 0 Å². The summed E-state index contributed by atoms with van der Waals surface area (Å²) >= 11 is 0. The molecule has 0 atom stereocenters. The van der Waals surface area contributed by atoms with Crippen LogP contribution >= 0.6 is 0 Å². The lowest BCUT2D eigenvalue weighted by molar-refractivity contribution is -0.136. The first-order valence-corrected chi connectivity index (χ1v) is 9.19. The van der Waals surface area contributed by atoms with Crippen molar-refractivity contribution in [3.05, 3.63) is 30.1 Å². The second-order valence-electron chi connectivity index (χ2n) is 6.92. The second kappa shape index (κ2) is 8.32. The molecule has 136 valence electrons. The number of carbonyl (C=O) groups excluding carboxylic acids is 2. The highest BCUT2D eigenvalue weighted by atomic mass is 19.1. The number of hydrogen-bond acceptors (Lipinski definition) is 3. The maximum Gasteiger partial charge on any atom is 0.232 e. The highest BCUT2D eigenvalue weighted by molar-refractivity contribution is 5.97. The van der Waals surface area contributed by atoms with E-state index in [1.165, 1.54) is 18.6 Å². The maximum absolute atomic E-state index is 13.0. The summed E-state index contributed by atoms with van der Waals surface area (Å²) in [6.45, 7) is 2.57. The van der Waals surface area contributed by atoms with E-state index >= 15 is 0 Å². The normalized spacial score (nSPS) is 18.9. The van der Waals surface area contributed by atoms with Gasteiger partial charge in [-0.05, 0) is 37.1 Å². The SMILES string of the molecule is O=C(CC(=O)N1CCN(c2ccc(F)cc2)CC1)NC1CCCCC1. The molecule has 1 saturated carbocycles. The Hall–Kier alpha value is -2.11. The van der Waals surface area contributed by atoms with Crippen molar-refractivity contribution in [3.63, 3.8) is 0 Å². The predicted molar refractivity (Wildman–Crippen MR) is 94.8 cm³/mol. The number of anilines is 1. The highest BCUT2D eigenvalue weighted by Gasteiger charge is 2.24. The standard InChI is InChI=1S/C19H26FN3O2/c20-15-6-8-17(9-7-15)22-10-12-23(13-11-22)19(25)14-18(24)21-16-4-2-1-3-5-16/h6-9,16H,1-5,10-14H2,(H,21,24). The lowest BCUT2D eigenvalue weighted by atomic mass is 9.95. The van der Waals surface area contributed by atoms with E-state index < -0.39 is 0 Å². The summed E-state index contributed by atoms with van der Waals surface area (Å²) in [7, 11) is 0. The van der Waals surface area contributed by atoms with E-state index in [1.54, 1.807) is 17.0 Å². The number of nitrogens with one attached hydrogen (secondary N) is 1. The molecule has 1 aromatic rings. The quantitative estimate of drug-likeness (QED) is 0.851. The van der Waals surface area contributed by atoms with Gasteiger partial charge in [-0.15, -0.1) is 0 Å². The minimum absolute atomic E-state index is 0.0625. The summed E-state index contributed by atoms with van der Waals surface area (Å²) in [4.78, 5) is 28.3. The Morgan fingerprint density at radius 1 is 1.00 bits per heavy atom. The highest BCUT2D eigenvalue weighted by Crippen LogP contribution is 2.18. The summed E-state index contributed by atoms with van der Waals surface area (Å²) in [6, 6.07) is 6.64. The van der Waals surface area contributed by atoms with Gasteiger partial charge in [0.15, 0.2) is 0 Å². The summed E-state index contributed by atoms with van der Waals surface area (Å²) < 4.78 is 13.0. The van der Waals surface area contributed by atoms with Gasteiger partial charge in [-0.1, -0.05) is 19.3 Å². The molecule has 1 heterocycles. The third-order valence-electron chi connectivity index (χ3n) is 5.11. The van der Waals surface area contributed by atoms with E-state index in [4.69, 9.17) is 0 Å². The zero-order valence-corrected chi connectivity index (χ0v) is 14.5. The topological polar surface area (TPSA) is 52.7 Å². The molecule has 6 heteroatoms. The van der Waals surface area contributed by atoms with Gasteiger partial charge in [0.25, 0.3) is 0 Å². The van der Waals surface area contributed by atoms with E-state index in [9.17, 15) is 14.0 Å². The monoisotopic (exact) mass is 347 g/mol. The average Bonchev–Trinajstić information content (AvgIpc) is 2.63. The Labute approximate surface area is 148 Å². The van der Waals surface area contributed by atoms with Crippen LogP contribution in [0.3, 0.4) is 0 Å². The number of rotatable bonds is 4. The van der Waals surface area contributed by atoms with E-state index in [1.807, 2.05) is 0 Å². The van der Waals surface area contributed by atoms with Gasteiger partial charge in [0.2, 0.25) is 11.8 Å². The van der Waals surface area contributed by atoms with Crippen LogP contribution in [0.5, 0.6) is 0 Å². The molecule has 0 radical (unpaired) electrons. The van der Waals surface area contributed by atoms with Crippen LogP contribution in [0.15, 0.2) is 24.3 Å². The van der Waals surface area contributed by atoms with Crippen LogP contribution in [0.2, 0.25) is 0 Å². The van der Waals surface area contributed by atoms with Crippen molar-refractivity contribution in [3.8, 4) is 0 Å². The average molecular weight is 347 g/mol. The fraction of sp³-hybridized carbons (Fsp3) is 0.579.